The summed E-state index contributed by atoms with van der Waals surface area (Å²) in [6.45, 7) is 2.08. The smallest absolute Gasteiger partial charge is 0.225 e. The molecule has 2 aromatic heterocycles. The number of carbonyl (C=O) groups is 1. The maximum absolute atomic E-state index is 12.4. The van der Waals surface area contributed by atoms with E-state index in [4.69, 9.17) is 0 Å². The summed E-state index contributed by atoms with van der Waals surface area (Å²) in [4.78, 5) is 12.4. The Kier molecular flexibility index (Phi) is 5.60. The van der Waals surface area contributed by atoms with Crippen LogP contribution in [0.3, 0.4) is 0 Å². The Hall–Kier alpha value is -3.64. The largest absolute Gasteiger partial charge is 0.326 e. The third-order valence-corrected chi connectivity index (χ3v) is 6.34. The third kappa shape index (κ3) is 4.09. The Morgan fingerprint density at radius 2 is 1.62 bits per heavy atom. The van der Waals surface area contributed by atoms with Crippen molar-refractivity contribution < 1.29 is 4.79 Å². The minimum absolute atomic E-state index is 0.0144. The van der Waals surface area contributed by atoms with E-state index in [-0.39, 0.29) is 5.91 Å². The van der Waals surface area contributed by atoms with Gasteiger partial charge in [-0.1, -0.05) is 72.4 Å². The number of benzene rings is 3. The fourth-order valence-corrected chi connectivity index (χ4v) is 4.69. The second-order valence-electron chi connectivity index (χ2n) is 7.61. The summed E-state index contributed by atoms with van der Waals surface area (Å²) in [7, 11) is 0. The van der Waals surface area contributed by atoms with E-state index in [1.54, 1.807) is 11.8 Å². The Morgan fingerprint density at radius 3 is 2.44 bits per heavy atom. The second kappa shape index (κ2) is 8.85. The molecule has 5 nitrogen and oxygen atoms in total. The molecule has 2 heterocycles. The van der Waals surface area contributed by atoms with Crippen LogP contribution in [0.15, 0.2) is 90.1 Å². The monoisotopic (exact) mass is 438 g/mol. The Balaban J connectivity index is 1.23. The van der Waals surface area contributed by atoms with Crippen molar-refractivity contribution in [3.63, 3.8) is 0 Å². The number of anilines is 1. The van der Waals surface area contributed by atoms with E-state index in [1.165, 1.54) is 10.9 Å². The summed E-state index contributed by atoms with van der Waals surface area (Å²) < 4.78 is 2.06. The topological polar surface area (TPSA) is 59.3 Å². The van der Waals surface area contributed by atoms with Crippen LogP contribution in [0.5, 0.6) is 0 Å². The van der Waals surface area contributed by atoms with Crippen molar-refractivity contribution in [2.75, 3.05) is 11.1 Å². The summed E-state index contributed by atoms with van der Waals surface area (Å²) in [6.07, 6.45) is 0.393. The number of amides is 1. The highest BCUT2D eigenvalue weighted by Gasteiger charge is 2.12. The first kappa shape index (κ1) is 20.3. The Labute approximate surface area is 190 Å². The number of thioether (sulfide) groups is 1. The van der Waals surface area contributed by atoms with Crippen LogP contribution in [-0.2, 0) is 4.79 Å². The lowest BCUT2D eigenvalue weighted by Gasteiger charge is -2.08. The summed E-state index contributed by atoms with van der Waals surface area (Å²) in [6, 6.07) is 28.4. The molecule has 3 aromatic carbocycles. The van der Waals surface area contributed by atoms with Gasteiger partial charge in [0.25, 0.3) is 0 Å². The SMILES string of the molecule is Cc1cc2nnc(SCCC(=O)Nc3ccc(-c4ccccc4)cc3)n2c2ccccc12. The zero-order valence-corrected chi connectivity index (χ0v) is 18.5. The van der Waals surface area contributed by atoms with Crippen LogP contribution >= 0.6 is 11.8 Å². The normalized spacial score (nSPS) is 11.2. The zero-order valence-electron chi connectivity index (χ0n) is 17.7. The van der Waals surface area contributed by atoms with E-state index < -0.39 is 0 Å². The fraction of sp³-hybridized carbons (Fsp3) is 0.115. The highest BCUT2D eigenvalue weighted by molar-refractivity contribution is 7.99. The number of aromatic nitrogens is 3. The van der Waals surface area contributed by atoms with Crippen molar-refractivity contribution in [2.24, 2.45) is 0 Å². The molecule has 0 aliphatic rings. The first-order chi connectivity index (χ1) is 15.7. The predicted molar refractivity (Wildman–Crippen MR) is 131 cm³/mol. The van der Waals surface area contributed by atoms with Crippen molar-refractivity contribution in [1.82, 2.24) is 14.6 Å². The molecule has 32 heavy (non-hydrogen) atoms. The molecule has 0 unspecified atom stereocenters. The number of nitrogens with one attached hydrogen (secondary N) is 1. The quantitative estimate of drug-likeness (QED) is 0.331. The van der Waals surface area contributed by atoms with Gasteiger partial charge in [-0.3, -0.25) is 9.20 Å². The number of fused-ring (bicyclic) bond motifs is 3. The highest BCUT2D eigenvalue weighted by Crippen LogP contribution is 2.26. The molecule has 0 fully saturated rings. The Bertz CT molecular complexity index is 1390. The molecule has 0 aliphatic heterocycles. The van der Waals surface area contributed by atoms with E-state index in [0.29, 0.717) is 12.2 Å². The molecule has 0 aliphatic carbocycles. The first-order valence-electron chi connectivity index (χ1n) is 10.5. The van der Waals surface area contributed by atoms with Crippen LogP contribution in [0.2, 0.25) is 0 Å². The van der Waals surface area contributed by atoms with Crippen molar-refractivity contribution >= 4 is 39.9 Å². The lowest BCUT2D eigenvalue weighted by atomic mass is 10.1. The first-order valence-corrected chi connectivity index (χ1v) is 11.5. The van der Waals surface area contributed by atoms with Crippen molar-refractivity contribution in [3.05, 3.63) is 90.5 Å². The molecular formula is C26H22N4OS. The number of hydrogen-bond acceptors (Lipinski definition) is 4. The van der Waals surface area contributed by atoms with Crippen LogP contribution in [0, 0.1) is 6.92 Å². The van der Waals surface area contributed by atoms with Crippen molar-refractivity contribution in [2.45, 2.75) is 18.5 Å². The number of rotatable bonds is 6. The van der Waals surface area contributed by atoms with Gasteiger partial charge in [0.05, 0.1) is 5.52 Å². The molecule has 5 rings (SSSR count). The number of hydrogen-bond donors (Lipinski definition) is 1. The molecule has 5 aromatic rings. The third-order valence-electron chi connectivity index (χ3n) is 5.41. The average molecular weight is 439 g/mol. The van der Waals surface area contributed by atoms with Gasteiger partial charge in [-0.25, -0.2) is 0 Å². The second-order valence-corrected chi connectivity index (χ2v) is 8.67. The number of para-hydroxylation sites is 1. The van der Waals surface area contributed by atoms with Gasteiger partial charge >= 0.3 is 0 Å². The summed E-state index contributed by atoms with van der Waals surface area (Å²) in [5.74, 6) is 0.608. The van der Waals surface area contributed by atoms with Gasteiger partial charge in [0, 0.05) is 23.2 Å². The molecule has 1 N–H and O–H groups in total. The summed E-state index contributed by atoms with van der Waals surface area (Å²) >= 11 is 1.54. The van der Waals surface area contributed by atoms with E-state index in [0.717, 1.165) is 33.1 Å². The van der Waals surface area contributed by atoms with Crippen molar-refractivity contribution in [1.29, 1.82) is 0 Å². The van der Waals surface area contributed by atoms with Crippen molar-refractivity contribution in [3.8, 4) is 11.1 Å². The van der Waals surface area contributed by atoms with Gasteiger partial charge in [0.2, 0.25) is 5.91 Å². The van der Waals surface area contributed by atoms with Crippen LogP contribution in [0.25, 0.3) is 27.7 Å². The lowest BCUT2D eigenvalue weighted by molar-refractivity contribution is -0.115. The molecule has 0 radical (unpaired) electrons. The Morgan fingerprint density at radius 1 is 0.906 bits per heavy atom. The molecule has 1 amide bonds. The van der Waals surface area contributed by atoms with Gasteiger partial charge in [-0.05, 0) is 47.9 Å². The van der Waals surface area contributed by atoms with Gasteiger partial charge < -0.3 is 5.32 Å². The van der Waals surface area contributed by atoms with E-state index >= 15 is 0 Å². The van der Waals surface area contributed by atoms with E-state index in [2.05, 4.69) is 51.1 Å². The van der Waals surface area contributed by atoms with E-state index in [1.807, 2.05) is 60.7 Å². The van der Waals surface area contributed by atoms with Gasteiger partial charge in [0.15, 0.2) is 10.8 Å². The molecule has 158 valence electrons. The molecule has 0 saturated heterocycles. The van der Waals surface area contributed by atoms with E-state index in [9.17, 15) is 4.79 Å². The predicted octanol–water partition coefficient (Wildman–Crippen LogP) is 5.98. The van der Waals surface area contributed by atoms with Gasteiger partial charge in [-0.15, -0.1) is 10.2 Å². The highest BCUT2D eigenvalue weighted by atomic mass is 32.2. The van der Waals surface area contributed by atoms with Gasteiger partial charge in [0.1, 0.15) is 0 Å². The van der Waals surface area contributed by atoms with Crippen LogP contribution in [0.1, 0.15) is 12.0 Å². The van der Waals surface area contributed by atoms with Crippen LogP contribution in [0.4, 0.5) is 5.69 Å². The standard InChI is InChI=1S/C26H22N4OS/c1-18-17-24-28-29-26(30(24)23-10-6-5-9-22(18)23)32-16-15-25(31)27-21-13-11-20(12-14-21)19-7-3-2-4-8-19/h2-14,17H,15-16H2,1H3,(H,27,31). The number of nitrogens with zero attached hydrogens (tertiary/aromatic N) is 3. The van der Waals surface area contributed by atoms with Crippen LogP contribution in [-0.4, -0.2) is 26.3 Å². The molecule has 0 bridgehead atoms. The number of aryl methyl sites for hydroxylation is 1. The molecule has 0 atom stereocenters. The number of carbonyl (C=O) groups excluding carboxylic acids is 1. The molecule has 0 saturated carbocycles. The maximum Gasteiger partial charge on any atom is 0.225 e. The molecule has 0 spiro atoms. The summed E-state index contributed by atoms with van der Waals surface area (Å²) in [5.41, 5.74) is 6.17. The maximum atomic E-state index is 12.4. The minimum atomic E-state index is -0.0144. The number of pyridine rings is 1. The molecule has 6 heteroatoms. The fourth-order valence-electron chi connectivity index (χ4n) is 3.80. The van der Waals surface area contributed by atoms with Crippen LogP contribution < -0.4 is 5.32 Å². The average Bonchev–Trinajstić information content (AvgIpc) is 3.23. The lowest BCUT2D eigenvalue weighted by Crippen LogP contribution is -2.12. The molecular weight excluding hydrogens is 416 g/mol. The van der Waals surface area contributed by atoms with Gasteiger partial charge in [-0.2, -0.15) is 0 Å². The summed E-state index contributed by atoms with van der Waals surface area (Å²) in [5, 5.41) is 13.6. The zero-order chi connectivity index (χ0) is 21.9. The minimum Gasteiger partial charge on any atom is -0.326 e.